The van der Waals surface area contributed by atoms with Gasteiger partial charge in [-0.3, -0.25) is 9.78 Å². The fourth-order valence-electron chi connectivity index (χ4n) is 1.37. The lowest BCUT2D eigenvalue weighted by Crippen LogP contribution is -2.41. The minimum absolute atomic E-state index is 0.0721. The zero-order chi connectivity index (χ0) is 13.5. The van der Waals surface area contributed by atoms with Crippen LogP contribution >= 0.6 is 0 Å². The van der Waals surface area contributed by atoms with Crippen LogP contribution in [-0.4, -0.2) is 28.0 Å². The molecule has 2 N–H and O–H groups in total. The third-order valence-corrected chi connectivity index (χ3v) is 2.36. The number of hydrogen-bond donors (Lipinski definition) is 2. The van der Waals surface area contributed by atoms with Gasteiger partial charge in [0.15, 0.2) is 0 Å². The van der Waals surface area contributed by atoms with Crippen LogP contribution in [0.15, 0.2) is 24.5 Å². The van der Waals surface area contributed by atoms with E-state index in [4.69, 9.17) is 10.4 Å². The van der Waals surface area contributed by atoms with Crippen molar-refractivity contribution < 1.29 is 14.7 Å². The summed E-state index contributed by atoms with van der Waals surface area (Å²) in [6, 6.07) is 3.85. The molecular weight excluding hydrogens is 234 g/mol. The highest BCUT2D eigenvalue weighted by Gasteiger charge is 2.22. The predicted molar refractivity (Wildman–Crippen MR) is 62.5 cm³/mol. The zero-order valence-electron chi connectivity index (χ0n) is 9.83. The number of nitriles is 1. The number of carboxylic acid groups (broad SMARTS) is 1. The number of rotatable bonds is 5. The molecule has 0 aliphatic carbocycles. The first-order valence-electron chi connectivity index (χ1n) is 5.38. The molecule has 1 aromatic rings. The molecular formula is C12H13N3O3. The molecule has 1 aromatic heterocycles. The minimum Gasteiger partial charge on any atom is -0.480 e. The van der Waals surface area contributed by atoms with Crippen LogP contribution in [0.1, 0.15) is 23.7 Å². The molecule has 1 rings (SSSR count). The van der Waals surface area contributed by atoms with Gasteiger partial charge in [0.1, 0.15) is 6.04 Å². The van der Waals surface area contributed by atoms with Gasteiger partial charge in [-0.05, 0) is 25.5 Å². The van der Waals surface area contributed by atoms with Crippen LogP contribution in [0, 0.1) is 17.2 Å². The summed E-state index contributed by atoms with van der Waals surface area (Å²) < 4.78 is 0. The number of pyridine rings is 1. The predicted octanol–water partition coefficient (Wildman–Crippen LogP) is 0.814. The van der Waals surface area contributed by atoms with Crippen molar-refractivity contribution in [2.24, 2.45) is 5.92 Å². The minimum atomic E-state index is -1.15. The Hall–Kier alpha value is -2.42. The third-order valence-electron chi connectivity index (χ3n) is 2.36. The number of carbonyl (C=O) groups excluding carboxylic acids is 1. The number of nitrogens with zero attached hydrogens (tertiary/aromatic N) is 2. The Morgan fingerprint density at radius 1 is 1.50 bits per heavy atom. The Balaban J connectivity index is 2.71. The highest BCUT2D eigenvalue weighted by atomic mass is 16.4. The van der Waals surface area contributed by atoms with Crippen LogP contribution in [0.3, 0.4) is 0 Å². The second-order valence-electron chi connectivity index (χ2n) is 3.87. The molecule has 0 fully saturated rings. The van der Waals surface area contributed by atoms with Gasteiger partial charge >= 0.3 is 5.97 Å². The average molecular weight is 247 g/mol. The molecule has 1 amide bonds. The maximum Gasteiger partial charge on any atom is 0.326 e. The van der Waals surface area contributed by atoms with Crippen molar-refractivity contribution in [3.63, 3.8) is 0 Å². The third kappa shape index (κ3) is 3.87. The molecule has 0 aromatic carbocycles. The number of aromatic nitrogens is 1. The second-order valence-corrected chi connectivity index (χ2v) is 3.87. The van der Waals surface area contributed by atoms with Crippen molar-refractivity contribution in [3.05, 3.63) is 30.1 Å². The van der Waals surface area contributed by atoms with E-state index in [1.54, 1.807) is 6.92 Å². The maximum absolute atomic E-state index is 11.7. The van der Waals surface area contributed by atoms with Crippen LogP contribution in [0.5, 0.6) is 0 Å². The van der Waals surface area contributed by atoms with E-state index in [0.29, 0.717) is 5.56 Å². The first kappa shape index (κ1) is 13.6. The van der Waals surface area contributed by atoms with E-state index in [2.05, 4.69) is 10.3 Å². The van der Waals surface area contributed by atoms with Crippen molar-refractivity contribution in [2.45, 2.75) is 19.4 Å². The standard InChI is InChI=1S/C12H13N3O3/c1-8(7-13)6-10(12(17)18)15-11(16)9-2-4-14-5-3-9/h2-5,8,10H,6H2,1H3,(H,15,16)(H,17,18)/t8-,10-/m1/s1. The van der Waals surface area contributed by atoms with Crippen molar-refractivity contribution >= 4 is 11.9 Å². The van der Waals surface area contributed by atoms with Gasteiger partial charge in [0.05, 0.1) is 6.07 Å². The lowest BCUT2D eigenvalue weighted by atomic mass is 10.0. The van der Waals surface area contributed by atoms with Gasteiger partial charge in [0, 0.05) is 23.9 Å². The highest BCUT2D eigenvalue weighted by Crippen LogP contribution is 2.06. The first-order chi connectivity index (χ1) is 8.54. The molecule has 94 valence electrons. The number of nitrogens with one attached hydrogen (secondary N) is 1. The molecule has 1 heterocycles. The van der Waals surface area contributed by atoms with Gasteiger partial charge in [-0.1, -0.05) is 0 Å². The number of carboxylic acids is 1. The molecule has 0 saturated heterocycles. The molecule has 0 radical (unpaired) electrons. The van der Waals surface area contributed by atoms with Gasteiger partial charge in [-0.25, -0.2) is 4.79 Å². The van der Waals surface area contributed by atoms with E-state index in [1.165, 1.54) is 24.5 Å². The number of amides is 1. The SMILES string of the molecule is C[C@@H](C#N)C[C@@H](NC(=O)c1ccncc1)C(=O)O. The molecule has 6 heteroatoms. The molecule has 0 saturated carbocycles. The Morgan fingerprint density at radius 3 is 2.61 bits per heavy atom. The topological polar surface area (TPSA) is 103 Å². The summed E-state index contributed by atoms with van der Waals surface area (Å²) in [4.78, 5) is 26.5. The van der Waals surface area contributed by atoms with E-state index in [9.17, 15) is 9.59 Å². The van der Waals surface area contributed by atoms with E-state index >= 15 is 0 Å². The molecule has 18 heavy (non-hydrogen) atoms. The molecule has 0 aliphatic heterocycles. The van der Waals surface area contributed by atoms with Gasteiger partial charge in [0.25, 0.3) is 5.91 Å². The van der Waals surface area contributed by atoms with Crippen LogP contribution in [-0.2, 0) is 4.79 Å². The summed E-state index contributed by atoms with van der Waals surface area (Å²) in [7, 11) is 0. The van der Waals surface area contributed by atoms with Gasteiger partial charge < -0.3 is 10.4 Å². The van der Waals surface area contributed by atoms with Gasteiger partial charge in [-0.2, -0.15) is 5.26 Å². The average Bonchev–Trinajstić information content (AvgIpc) is 2.38. The van der Waals surface area contributed by atoms with Crippen LogP contribution in [0.4, 0.5) is 0 Å². The number of carbonyl (C=O) groups is 2. The summed E-state index contributed by atoms with van der Waals surface area (Å²) in [5.74, 6) is -2.08. The molecule has 0 spiro atoms. The highest BCUT2D eigenvalue weighted by molar-refractivity contribution is 5.96. The van der Waals surface area contributed by atoms with E-state index in [0.717, 1.165) is 0 Å². The van der Waals surface area contributed by atoms with Crippen molar-refractivity contribution in [3.8, 4) is 6.07 Å². The fraction of sp³-hybridized carbons (Fsp3) is 0.333. The van der Waals surface area contributed by atoms with E-state index in [1.807, 2.05) is 6.07 Å². The lowest BCUT2D eigenvalue weighted by molar-refractivity contribution is -0.139. The van der Waals surface area contributed by atoms with Crippen molar-refractivity contribution in [1.29, 1.82) is 5.26 Å². The summed E-state index contributed by atoms with van der Waals surface area (Å²) in [6.45, 7) is 1.61. The van der Waals surface area contributed by atoms with Gasteiger partial charge in [-0.15, -0.1) is 0 Å². The summed E-state index contributed by atoms with van der Waals surface area (Å²) in [5, 5.41) is 20.0. The van der Waals surface area contributed by atoms with Crippen LogP contribution < -0.4 is 5.32 Å². The zero-order valence-corrected chi connectivity index (χ0v) is 9.83. The fourth-order valence-corrected chi connectivity index (χ4v) is 1.37. The number of hydrogen-bond acceptors (Lipinski definition) is 4. The van der Waals surface area contributed by atoms with E-state index < -0.39 is 23.8 Å². The molecule has 0 unspecified atom stereocenters. The monoisotopic (exact) mass is 247 g/mol. The summed E-state index contributed by atoms with van der Waals surface area (Å²) in [5.41, 5.74) is 0.334. The van der Waals surface area contributed by atoms with Crippen LogP contribution in [0.25, 0.3) is 0 Å². The summed E-state index contributed by atoms with van der Waals surface area (Å²) >= 11 is 0. The first-order valence-corrected chi connectivity index (χ1v) is 5.38. The Bertz CT molecular complexity index is 467. The largest absolute Gasteiger partial charge is 0.480 e. The Morgan fingerprint density at radius 2 is 2.11 bits per heavy atom. The quantitative estimate of drug-likeness (QED) is 0.801. The normalized spacial score (nSPS) is 13.1. The maximum atomic E-state index is 11.7. The molecule has 0 bridgehead atoms. The van der Waals surface area contributed by atoms with Crippen LogP contribution in [0.2, 0.25) is 0 Å². The molecule has 2 atom stereocenters. The Kier molecular flexibility index (Phi) is 4.81. The molecule has 0 aliphatic rings. The molecule has 6 nitrogen and oxygen atoms in total. The number of aliphatic carboxylic acids is 1. The van der Waals surface area contributed by atoms with Crippen molar-refractivity contribution in [1.82, 2.24) is 10.3 Å². The summed E-state index contributed by atoms with van der Waals surface area (Å²) in [6.07, 6.45) is 2.97. The van der Waals surface area contributed by atoms with Crippen molar-refractivity contribution in [2.75, 3.05) is 0 Å². The second kappa shape index (κ2) is 6.35. The smallest absolute Gasteiger partial charge is 0.326 e. The lowest BCUT2D eigenvalue weighted by Gasteiger charge is -2.15. The van der Waals surface area contributed by atoms with Gasteiger partial charge in [0.2, 0.25) is 0 Å². The Labute approximate surface area is 104 Å². The van der Waals surface area contributed by atoms with E-state index in [-0.39, 0.29) is 6.42 Å².